The third-order valence-corrected chi connectivity index (χ3v) is 5.35. The van der Waals surface area contributed by atoms with Gasteiger partial charge in [-0.25, -0.2) is 0 Å². The van der Waals surface area contributed by atoms with Crippen LogP contribution in [0.3, 0.4) is 0 Å². The van der Waals surface area contributed by atoms with Crippen molar-refractivity contribution in [2.24, 2.45) is 5.92 Å². The highest BCUT2D eigenvalue weighted by Crippen LogP contribution is 2.40. The normalized spacial score (nSPS) is 27.4. The third-order valence-electron chi connectivity index (χ3n) is 4.14. The van der Waals surface area contributed by atoms with Crippen molar-refractivity contribution in [1.29, 1.82) is 0 Å². The molecule has 2 heteroatoms. The molecule has 3 atom stereocenters. The number of hydrogen-bond donors (Lipinski definition) is 0. The first-order chi connectivity index (χ1) is 9.31. The Morgan fingerprint density at radius 2 is 1.95 bits per heavy atom. The molecule has 106 valence electrons. The van der Waals surface area contributed by atoms with Crippen molar-refractivity contribution in [3.63, 3.8) is 0 Å². The molecular weight excluding hydrogens is 300 g/mol. The Labute approximate surface area is 125 Å². The van der Waals surface area contributed by atoms with Gasteiger partial charge in [-0.15, -0.1) is 0 Å². The minimum Gasteiger partial charge on any atom is -0.381 e. The number of alkyl halides is 1. The zero-order chi connectivity index (χ0) is 13.5. The van der Waals surface area contributed by atoms with Crippen LogP contribution in [-0.4, -0.2) is 18.0 Å². The van der Waals surface area contributed by atoms with Crippen molar-refractivity contribution in [3.05, 3.63) is 35.9 Å². The van der Waals surface area contributed by atoms with Crippen LogP contribution < -0.4 is 0 Å². The van der Waals surface area contributed by atoms with E-state index in [0.29, 0.717) is 4.83 Å². The standard InChI is InChI=1S/C17H25BrO/c1-2-11-19-12-10-16-13-15(8-9-17(16)18)14-6-4-3-5-7-14/h3-7,15-17H,2,8-13H2,1H3. The molecule has 1 aliphatic carbocycles. The lowest BCUT2D eigenvalue weighted by Crippen LogP contribution is -2.25. The zero-order valence-electron chi connectivity index (χ0n) is 11.9. The molecular formula is C17H25BrO. The van der Waals surface area contributed by atoms with E-state index in [9.17, 15) is 0 Å². The van der Waals surface area contributed by atoms with E-state index in [1.807, 2.05) is 0 Å². The number of ether oxygens (including phenoxy) is 1. The Morgan fingerprint density at radius 1 is 1.16 bits per heavy atom. The van der Waals surface area contributed by atoms with Gasteiger partial charge in [0.25, 0.3) is 0 Å². The molecule has 19 heavy (non-hydrogen) atoms. The Bertz CT molecular complexity index is 352. The van der Waals surface area contributed by atoms with Crippen LogP contribution in [0, 0.1) is 5.92 Å². The summed E-state index contributed by atoms with van der Waals surface area (Å²) in [4.78, 5) is 0.678. The van der Waals surface area contributed by atoms with Crippen LogP contribution in [0.1, 0.15) is 50.5 Å². The van der Waals surface area contributed by atoms with Crippen LogP contribution in [0.2, 0.25) is 0 Å². The fraction of sp³-hybridized carbons (Fsp3) is 0.647. The number of halogens is 1. The molecule has 3 unspecified atom stereocenters. The number of benzene rings is 1. The molecule has 1 aromatic rings. The lowest BCUT2D eigenvalue weighted by molar-refractivity contribution is 0.114. The van der Waals surface area contributed by atoms with E-state index in [4.69, 9.17) is 4.74 Å². The van der Waals surface area contributed by atoms with Gasteiger partial charge < -0.3 is 4.74 Å². The van der Waals surface area contributed by atoms with E-state index in [0.717, 1.165) is 31.5 Å². The highest BCUT2D eigenvalue weighted by Gasteiger charge is 2.29. The summed E-state index contributed by atoms with van der Waals surface area (Å²) in [5.41, 5.74) is 1.52. The van der Waals surface area contributed by atoms with E-state index >= 15 is 0 Å². The van der Waals surface area contributed by atoms with Crippen molar-refractivity contribution in [1.82, 2.24) is 0 Å². The minimum atomic E-state index is 0.678. The first-order valence-corrected chi connectivity index (χ1v) is 8.49. The second kappa shape index (κ2) is 8.06. The summed E-state index contributed by atoms with van der Waals surface area (Å²) in [5.74, 6) is 1.50. The van der Waals surface area contributed by atoms with Gasteiger partial charge in [0.1, 0.15) is 0 Å². The van der Waals surface area contributed by atoms with Gasteiger partial charge in [-0.05, 0) is 49.5 Å². The average Bonchev–Trinajstić information content (AvgIpc) is 2.46. The summed E-state index contributed by atoms with van der Waals surface area (Å²) < 4.78 is 5.65. The fourth-order valence-corrected chi connectivity index (χ4v) is 3.78. The maximum absolute atomic E-state index is 5.65. The molecule has 1 saturated carbocycles. The Morgan fingerprint density at radius 3 is 2.68 bits per heavy atom. The molecule has 0 spiro atoms. The second-order valence-electron chi connectivity index (χ2n) is 5.60. The predicted molar refractivity (Wildman–Crippen MR) is 85.0 cm³/mol. The Hall–Kier alpha value is -0.340. The summed E-state index contributed by atoms with van der Waals surface area (Å²) in [6.07, 6.45) is 6.22. The molecule has 0 saturated heterocycles. The minimum absolute atomic E-state index is 0.678. The third kappa shape index (κ3) is 4.61. The van der Waals surface area contributed by atoms with Crippen molar-refractivity contribution in [2.75, 3.05) is 13.2 Å². The molecule has 0 amide bonds. The second-order valence-corrected chi connectivity index (χ2v) is 6.77. The van der Waals surface area contributed by atoms with Gasteiger partial charge >= 0.3 is 0 Å². The summed E-state index contributed by atoms with van der Waals surface area (Å²) in [6, 6.07) is 11.0. The van der Waals surface area contributed by atoms with Crippen molar-refractivity contribution >= 4 is 15.9 Å². The smallest absolute Gasteiger partial charge is 0.0469 e. The maximum atomic E-state index is 5.65. The summed E-state index contributed by atoms with van der Waals surface area (Å²) >= 11 is 3.87. The quantitative estimate of drug-likeness (QED) is 0.519. The molecule has 0 radical (unpaired) electrons. The van der Waals surface area contributed by atoms with Crippen LogP contribution in [0.5, 0.6) is 0 Å². The molecule has 1 aliphatic rings. The molecule has 0 N–H and O–H groups in total. The van der Waals surface area contributed by atoms with Crippen LogP contribution in [-0.2, 0) is 4.74 Å². The summed E-state index contributed by atoms with van der Waals surface area (Å²) in [6.45, 7) is 3.99. The van der Waals surface area contributed by atoms with E-state index in [2.05, 4.69) is 53.2 Å². The van der Waals surface area contributed by atoms with Crippen molar-refractivity contribution < 1.29 is 4.74 Å². The van der Waals surface area contributed by atoms with Gasteiger partial charge in [0.2, 0.25) is 0 Å². The van der Waals surface area contributed by atoms with Gasteiger partial charge in [0.15, 0.2) is 0 Å². The summed E-state index contributed by atoms with van der Waals surface area (Å²) in [5, 5.41) is 0. The largest absolute Gasteiger partial charge is 0.381 e. The first kappa shape index (κ1) is 15.1. The molecule has 0 aliphatic heterocycles. The highest BCUT2D eigenvalue weighted by molar-refractivity contribution is 9.09. The van der Waals surface area contributed by atoms with E-state index < -0.39 is 0 Å². The SMILES string of the molecule is CCCOCCC1CC(c2ccccc2)CCC1Br. The van der Waals surface area contributed by atoms with Crippen LogP contribution in [0.4, 0.5) is 0 Å². The number of rotatable bonds is 6. The maximum Gasteiger partial charge on any atom is 0.0469 e. The molecule has 2 rings (SSSR count). The van der Waals surface area contributed by atoms with Gasteiger partial charge in [-0.2, -0.15) is 0 Å². The molecule has 1 nitrogen and oxygen atoms in total. The van der Waals surface area contributed by atoms with Crippen molar-refractivity contribution in [2.45, 2.75) is 49.8 Å². The lowest BCUT2D eigenvalue weighted by Gasteiger charge is -2.33. The van der Waals surface area contributed by atoms with Gasteiger partial charge in [-0.1, -0.05) is 53.2 Å². The van der Waals surface area contributed by atoms with Gasteiger partial charge in [0, 0.05) is 18.0 Å². The van der Waals surface area contributed by atoms with Crippen LogP contribution in [0.15, 0.2) is 30.3 Å². The van der Waals surface area contributed by atoms with Crippen LogP contribution >= 0.6 is 15.9 Å². The predicted octanol–water partition coefficient (Wildman–Crippen LogP) is 5.15. The van der Waals surface area contributed by atoms with E-state index in [1.54, 1.807) is 0 Å². The van der Waals surface area contributed by atoms with Gasteiger partial charge in [0.05, 0.1) is 0 Å². The fourth-order valence-electron chi connectivity index (χ4n) is 3.03. The first-order valence-electron chi connectivity index (χ1n) is 7.58. The molecule has 0 heterocycles. The van der Waals surface area contributed by atoms with Crippen molar-refractivity contribution in [3.8, 4) is 0 Å². The molecule has 0 aromatic heterocycles. The lowest BCUT2D eigenvalue weighted by atomic mass is 9.77. The van der Waals surface area contributed by atoms with E-state index in [1.165, 1.54) is 31.2 Å². The summed E-state index contributed by atoms with van der Waals surface area (Å²) in [7, 11) is 0. The average molecular weight is 325 g/mol. The molecule has 0 bridgehead atoms. The van der Waals surface area contributed by atoms with Gasteiger partial charge in [-0.3, -0.25) is 0 Å². The molecule has 1 fully saturated rings. The molecule has 1 aromatic carbocycles. The Balaban J connectivity index is 1.85. The highest BCUT2D eigenvalue weighted by atomic mass is 79.9. The number of hydrogen-bond acceptors (Lipinski definition) is 1. The topological polar surface area (TPSA) is 9.23 Å². The zero-order valence-corrected chi connectivity index (χ0v) is 13.4. The van der Waals surface area contributed by atoms with E-state index in [-0.39, 0.29) is 0 Å². The van der Waals surface area contributed by atoms with Crippen LogP contribution in [0.25, 0.3) is 0 Å². The Kier molecular flexibility index (Phi) is 6.39. The monoisotopic (exact) mass is 324 g/mol.